The van der Waals surface area contributed by atoms with Crippen LogP contribution in [-0.2, 0) is 4.74 Å². The lowest BCUT2D eigenvalue weighted by Gasteiger charge is -2.30. The third-order valence-corrected chi connectivity index (χ3v) is 4.11. The van der Waals surface area contributed by atoms with Crippen LogP contribution in [0.5, 0.6) is 0 Å². The molecule has 5 heteroatoms. The number of rotatable bonds is 6. The Balaban J connectivity index is 1.67. The summed E-state index contributed by atoms with van der Waals surface area (Å²) in [5.74, 6) is -0.912. The lowest BCUT2D eigenvalue weighted by atomic mass is 10.1. The van der Waals surface area contributed by atoms with Gasteiger partial charge in [0.15, 0.2) is 0 Å². The molecule has 0 aromatic heterocycles. The minimum Gasteiger partial charge on any atom is -0.478 e. The molecule has 0 saturated carbocycles. The highest BCUT2D eigenvalue weighted by atomic mass is 16.5. The quantitative estimate of drug-likeness (QED) is 0.846. The molecule has 2 N–H and O–H groups in total. The molecule has 1 fully saturated rings. The first kappa shape index (κ1) is 17.0. The smallest absolute Gasteiger partial charge is 0.337 e. The van der Waals surface area contributed by atoms with Gasteiger partial charge < -0.3 is 20.1 Å². The Morgan fingerprint density at radius 3 is 2.64 bits per heavy atom. The van der Waals surface area contributed by atoms with Crippen molar-refractivity contribution < 1.29 is 14.6 Å². The van der Waals surface area contributed by atoms with Crippen LogP contribution in [0.1, 0.15) is 15.9 Å². The van der Waals surface area contributed by atoms with Gasteiger partial charge in [-0.15, -0.1) is 0 Å². The Bertz CT molecular complexity index is 738. The first-order valence-electron chi connectivity index (χ1n) is 8.39. The highest BCUT2D eigenvalue weighted by Gasteiger charge is 2.18. The zero-order valence-corrected chi connectivity index (χ0v) is 14.0. The fourth-order valence-electron chi connectivity index (χ4n) is 2.83. The van der Waals surface area contributed by atoms with Gasteiger partial charge in [-0.3, -0.25) is 0 Å². The highest BCUT2D eigenvalue weighted by molar-refractivity contribution is 5.95. The van der Waals surface area contributed by atoms with Crippen molar-refractivity contribution >= 4 is 23.4 Å². The van der Waals surface area contributed by atoms with E-state index < -0.39 is 5.97 Å². The average Bonchev–Trinajstić information content (AvgIpc) is 2.66. The van der Waals surface area contributed by atoms with E-state index in [4.69, 9.17) is 4.74 Å². The van der Waals surface area contributed by atoms with Crippen molar-refractivity contribution in [2.45, 2.75) is 0 Å². The molecular weight excluding hydrogens is 316 g/mol. The molecule has 1 heterocycles. The molecule has 130 valence electrons. The molecule has 0 bridgehead atoms. The lowest BCUT2D eigenvalue weighted by Crippen LogP contribution is -2.37. The molecular formula is C20H22N2O3. The number of carboxylic acid groups (broad SMARTS) is 1. The van der Waals surface area contributed by atoms with Crippen molar-refractivity contribution in [1.29, 1.82) is 0 Å². The number of nitrogens with zero attached hydrogens (tertiary/aromatic N) is 1. The maximum atomic E-state index is 11.6. The molecule has 0 radical (unpaired) electrons. The SMILES string of the molecule is O=C(O)c1cc(NCC=Cc2ccccc2)ccc1N1CCOCC1. The number of hydrogen-bond donors (Lipinski definition) is 2. The van der Waals surface area contributed by atoms with Gasteiger partial charge in [-0.25, -0.2) is 4.79 Å². The molecule has 5 nitrogen and oxygen atoms in total. The van der Waals surface area contributed by atoms with Crippen LogP contribution in [0.2, 0.25) is 0 Å². The van der Waals surface area contributed by atoms with Gasteiger partial charge in [0.1, 0.15) is 0 Å². The third kappa shape index (κ3) is 4.61. The molecule has 0 atom stereocenters. The molecule has 0 spiro atoms. The molecule has 0 unspecified atom stereocenters. The van der Waals surface area contributed by atoms with Gasteiger partial charge in [-0.2, -0.15) is 0 Å². The standard InChI is InChI=1S/C20H22N2O3/c23-20(24)18-15-17(8-9-19(18)22-11-13-25-14-12-22)21-10-4-7-16-5-2-1-3-6-16/h1-9,15,21H,10-14H2,(H,23,24). The van der Waals surface area contributed by atoms with Gasteiger partial charge in [-0.1, -0.05) is 42.5 Å². The van der Waals surface area contributed by atoms with Crippen LogP contribution in [-0.4, -0.2) is 43.9 Å². The largest absolute Gasteiger partial charge is 0.478 e. The number of anilines is 2. The summed E-state index contributed by atoms with van der Waals surface area (Å²) in [7, 11) is 0. The zero-order chi connectivity index (χ0) is 17.5. The summed E-state index contributed by atoms with van der Waals surface area (Å²) in [6.07, 6.45) is 4.05. The molecule has 2 aromatic rings. The Morgan fingerprint density at radius 2 is 1.92 bits per heavy atom. The molecule has 0 amide bonds. The normalized spacial score (nSPS) is 14.6. The van der Waals surface area contributed by atoms with Crippen molar-refractivity contribution in [3.05, 3.63) is 65.7 Å². The van der Waals surface area contributed by atoms with Gasteiger partial charge in [0.05, 0.1) is 24.5 Å². The topological polar surface area (TPSA) is 61.8 Å². The third-order valence-electron chi connectivity index (χ3n) is 4.11. The molecule has 0 aliphatic carbocycles. The highest BCUT2D eigenvalue weighted by Crippen LogP contribution is 2.25. The molecule has 1 aliphatic rings. The average molecular weight is 338 g/mol. The fraction of sp³-hybridized carbons (Fsp3) is 0.250. The maximum absolute atomic E-state index is 11.6. The van der Waals surface area contributed by atoms with Gasteiger partial charge in [0.25, 0.3) is 0 Å². The Hall–Kier alpha value is -2.79. The number of carboxylic acids is 1. The van der Waals surface area contributed by atoms with E-state index in [9.17, 15) is 9.90 Å². The van der Waals surface area contributed by atoms with Crippen molar-refractivity contribution in [1.82, 2.24) is 0 Å². The van der Waals surface area contributed by atoms with Crippen molar-refractivity contribution in [2.24, 2.45) is 0 Å². The minimum atomic E-state index is -0.912. The zero-order valence-electron chi connectivity index (χ0n) is 14.0. The van der Waals surface area contributed by atoms with E-state index in [0.29, 0.717) is 38.4 Å². The van der Waals surface area contributed by atoms with Crippen molar-refractivity contribution in [2.75, 3.05) is 43.1 Å². The number of carbonyl (C=O) groups is 1. The number of ether oxygens (including phenoxy) is 1. The molecule has 1 saturated heterocycles. The number of benzene rings is 2. The van der Waals surface area contributed by atoms with E-state index in [1.54, 1.807) is 6.07 Å². The monoisotopic (exact) mass is 338 g/mol. The maximum Gasteiger partial charge on any atom is 0.337 e. The number of hydrogen-bond acceptors (Lipinski definition) is 4. The van der Waals surface area contributed by atoms with E-state index in [2.05, 4.69) is 10.2 Å². The van der Waals surface area contributed by atoms with E-state index in [1.165, 1.54) is 0 Å². The summed E-state index contributed by atoms with van der Waals surface area (Å²) in [5.41, 5.74) is 3.01. The molecule has 1 aliphatic heterocycles. The van der Waals surface area contributed by atoms with E-state index in [-0.39, 0.29) is 0 Å². The summed E-state index contributed by atoms with van der Waals surface area (Å²) in [6, 6.07) is 15.5. The second kappa shape index (κ2) is 8.35. The van der Waals surface area contributed by atoms with Crippen LogP contribution in [0.25, 0.3) is 6.08 Å². The van der Waals surface area contributed by atoms with Crippen LogP contribution in [0, 0.1) is 0 Å². The van der Waals surface area contributed by atoms with Crippen LogP contribution < -0.4 is 10.2 Å². The summed E-state index contributed by atoms with van der Waals surface area (Å²) in [6.45, 7) is 3.32. The Morgan fingerprint density at radius 1 is 1.16 bits per heavy atom. The van der Waals surface area contributed by atoms with Gasteiger partial charge >= 0.3 is 5.97 Å². The molecule has 2 aromatic carbocycles. The van der Waals surface area contributed by atoms with Gasteiger partial charge in [0, 0.05) is 25.3 Å². The van der Waals surface area contributed by atoms with E-state index >= 15 is 0 Å². The van der Waals surface area contributed by atoms with Crippen LogP contribution in [0.15, 0.2) is 54.6 Å². The van der Waals surface area contributed by atoms with Crippen molar-refractivity contribution in [3.63, 3.8) is 0 Å². The summed E-state index contributed by atoms with van der Waals surface area (Å²) in [4.78, 5) is 13.7. The fourth-order valence-corrected chi connectivity index (χ4v) is 2.83. The minimum absolute atomic E-state index is 0.318. The summed E-state index contributed by atoms with van der Waals surface area (Å²) < 4.78 is 5.34. The van der Waals surface area contributed by atoms with E-state index in [1.807, 2.05) is 54.6 Å². The number of nitrogens with one attached hydrogen (secondary N) is 1. The Kier molecular flexibility index (Phi) is 5.69. The van der Waals surface area contributed by atoms with Gasteiger partial charge in [0.2, 0.25) is 0 Å². The van der Waals surface area contributed by atoms with Crippen molar-refractivity contribution in [3.8, 4) is 0 Å². The van der Waals surface area contributed by atoms with E-state index in [0.717, 1.165) is 16.9 Å². The van der Waals surface area contributed by atoms with Crippen LogP contribution in [0.3, 0.4) is 0 Å². The Labute approximate surface area is 147 Å². The number of aromatic carboxylic acids is 1. The molecule has 25 heavy (non-hydrogen) atoms. The number of morpholine rings is 1. The van der Waals surface area contributed by atoms with Crippen LogP contribution in [0.4, 0.5) is 11.4 Å². The second-order valence-corrected chi connectivity index (χ2v) is 5.83. The lowest BCUT2D eigenvalue weighted by molar-refractivity contribution is 0.0696. The van der Waals surface area contributed by atoms with Crippen LogP contribution >= 0.6 is 0 Å². The summed E-state index contributed by atoms with van der Waals surface area (Å²) >= 11 is 0. The molecule has 3 rings (SSSR count). The predicted octanol–water partition coefficient (Wildman–Crippen LogP) is 3.35. The first-order chi connectivity index (χ1) is 12.2. The second-order valence-electron chi connectivity index (χ2n) is 5.83. The van der Waals surface area contributed by atoms with Gasteiger partial charge in [-0.05, 0) is 23.8 Å². The summed E-state index contributed by atoms with van der Waals surface area (Å²) in [5, 5.41) is 12.8. The first-order valence-corrected chi connectivity index (χ1v) is 8.39. The predicted molar refractivity (Wildman–Crippen MR) is 100 cm³/mol.